The van der Waals surface area contributed by atoms with E-state index in [0.717, 1.165) is 32.1 Å². The number of rotatable bonds is 8. The molecule has 2 aliphatic heterocycles. The van der Waals surface area contributed by atoms with Crippen molar-refractivity contribution in [3.05, 3.63) is 35.9 Å². The fraction of sp³-hybridized carbons (Fsp3) is 0.667. The van der Waals surface area contributed by atoms with Gasteiger partial charge in [0, 0.05) is 18.2 Å². The van der Waals surface area contributed by atoms with Crippen LogP contribution in [-0.4, -0.2) is 29.2 Å². The lowest BCUT2D eigenvalue weighted by molar-refractivity contribution is -0.172. The summed E-state index contributed by atoms with van der Waals surface area (Å²) in [4.78, 5) is 13.0. The van der Waals surface area contributed by atoms with Gasteiger partial charge in [-0.05, 0) is 43.1 Å². The topological polar surface area (TPSA) is 26.3 Å². The van der Waals surface area contributed by atoms with Crippen LogP contribution >= 0.6 is 23.2 Å². The minimum atomic E-state index is -0.239. The standard InChI is InChI=1S/C21H28Cl2O2/c1-2-6-15(14-7-4-3-5-8-14)12-19(24)21-16-9-10-20(25-21)17(11-16)18(23)13-22/h3-5,7-8,15-18,20-21H,2,6,9-13H2,1H3. The number of ether oxygens (including phenoxy) is 1. The highest BCUT2D eigenvalue weighted by Gasteiger charge is 2.47. The van der Waals surface area contributed by atoms with Gasteiger partial charge in [0.25, 0.3) is 0 Å². The summed E-state index contributed by atoms with van der Waals surface area (Å²) >= 11 is 12.3. The van der Waals surface area contributed by atoms with Crippen molar-refractivity contribution in [3.63, 3.8) is 0 Å². The molecule has 0 aromatic heterocycles. The van der Waals surface area contributed by atoms with E-state index in [1.807, 2.05) is 6.07 Å². The van der Waals surface area contributed by atoms with Gasteiger partial charge in [0.05, 0.1) is 11.5 Å². The predicted octanol–water partition coefficient (Wildman–Crippen LogP) is 5.56. The van der Waals surface area contributed by atoms with Gasteiger partial charge in [-0.25, -0.2) is 0 Å². The SMILES string of the molecule is CCCC(CC(=O)C1OC2CCC1CC2C(Cl)CCl)c1ccccc1. The number of halogens is 2. The van der Waals surface area contributed by atoms with Gasteiger partial charge < -0.3 is 4.74 Å². The molecule has 4 rings (SSSR count). The molecule has 0 spiro atoms. The first-order chi connectivity index (χ1) is 12.1. The summed E-state index contributed by atoms with van der Waals surface area (Å²) in [6.45, 7) is 2.18. The number of hydrogen-bond acceptors (Lipinski definition) is 2. The van der Waals surface area contributed by atoms with Crippen LogP contribution in [-0.2, 0) is 9.53 Å². The first-order valence-corrected chi connectivity index (χ1v) is 10.5. The van der Waals surface area contributed by atoms with Crippen LogP contribution in [0.3, 0.4) is 0 Å². The zero-order valence-electron chi connectivity index (χ0n) is 14.9. The molecule has 3 aliphatic rings. The van der Waals surface area contributed by atoms with Crippen LogP contribution in [0.1, 0.15) is 56.9 Å². The van der Waals surface area contributed by atoms with Crippen molar-refractivity contribution in [3.8, 4) is 0 Å². The molecule has 2 nitrogen and oxygen atoms in total. The Bertz CT molecular complexity index is 562. The van der Waals surface area contributed by atoms with Crippen molar-refractivity contribution in [1.29, 1.82) is 0 Å². The molecule has 6 atom stereocenters. The highest BCUT2D eigenvalue weighted by molar-refractivity contribution is 6.28. The second-order valence-electron chi connectivity index (χ2n) is 7.57. The first kappa shape index (κ1) is 19.2. The third-order valence-electron chi connectivity index (χ3n) is 5.91. The lowest BCUT2D eigenvalue weighted by atomic mass is 9.71. The molecular weight excluding hydrogens is 355 g/mol. The molecule has 1 aromatic rings. The number of carbonyl (C=O) groups excluding carboxylic acids is 1. The van der Waals surface area contributed by atoms with E-state index in [4.69, 9.17) is 27.9 Å². The number of alkyl halides is 2. The summed E-state index contributed by atoms with van der Waals surface area (Å²) in [7, 11) is 0. The van der Waals surface area contributed by atoms with Crippen LogP contribution in [0.15, 0.2) is 30.3 Å². The predicted molar refractivity (Wildman–Crippen MR) is 104 cm³/mol. The number of fused-ring (bicyclic) bond motifs is 3. The van der Waals surface area contributed by atoms with Crippen molar-refractivity contribution in [1.82, 2.24) is 0 Å². The highest BCUT2D eigenvalue weighted by atomic mass is 35.5. The summed E-state index contributed by atoms with van der Waals surface area (Å²) in [5, 5.41) is -0.0531. The Balaban J connectivity index is 1.65. The minimum Gasteiger partial charge on any atom is -0.367 e. The molecule has 0 radical (unpaired) electrons. The third kappa shape index (κ3) is 4.40. The Labute approximate surface area is 161 Å². The molecule has 1 saturated carbocycles. The zero-order valence-corrected chi connectivity index (χ0v) is 16.4. The van der Waals surface area contributed by atoms with Gasteiger partial charge >= 0.3 is 0 Å². The van der Waals surface area contributed by atoms with Gasteiger partial charge in [-0.3, -0.25) is 4.79 Å². The Kier molecular flexibility index (Phi) is 6.82. The van der Waals surface area contributed by atoms with Crippen LogP contribution in [0.4, 0.5) is 0 Å². The maximum absolute atomic E-state index is 13.0. The van der Waals surface area contributed by atoms with Gasteiger partial charge in [0.2, 0.25) is 0 Å². The van der Waals surface area contributed by atoms with Gasteiger partial charge in [-0.1, -0.05) is 43.7 Å². The average Bonchev–Trinajstić information content (AvgIpc) is 2.67. The molecule has 2 saturated heterocycles. The normalized spacial score (nSPS) is 30.8. The minimum absolute atomic E-state index is 0.0531. The summed E-state index contributed by atoms with van der Waals surface area (Å²) < 4.78 is 6.21. The van der Waals surface area contributed by atoms with Crippen molar-refractivity contribution in [2.45, 2.75) is 69.0 Å². The first-order valence-electron chi connectivity index (χ1n) is 9.57. The van der Waals surface area contributed by atoms with Gasteiger partial charge in [0.15, 0.2) is 5.78 Å². The maximum atomic E-state index is 13.0. The zero-order chi connectivity index (χ0) is 17.8. The smallest absolute Gasteiger partial charge is 0.162 e. The molecule has 138 valence electrons. The molecule has 0 N–H and O–H groups in total. The van der Waals surface area contributed by atoms with E-state index in [0.29, 0.717) is 30.1 Å². The van der Waals surface area contributed by atoms with Crippen molar-refractivity contribution < 1.29 is 9.53 Å². The van der Waals surface area contributed by atoms with Crippen LogP contribution in [0.5, 0.6) is 0 Å². The van der Waals surface area contributed by atoms with E-state index in [1.54, 1.807) is 0 Å². The lowest BCUT2D eigenvalue weighted by Gasteiger charge is -2.48. The van der Waals surface area contributed by atoms with E-state index in [1.165, 1.54) is 5.56 Å². The Hall–Kier alpha value is -0.570. The Morgan fingerprint density at radius 1 is 1.28 bits per heavy atom. The van der Waals surface area contributed by atoms with Gasteiger partial charge in [0.1, 0.15) is 6.10 Å². The quantitative estimate of drug-likeness (QED) is 0.550. The largest absolute Gasteiger partial charge is 0.367 e. The van der Waals surface area contributed by atoms with E-state index >= 15 is 0 Å². The lowest BCUT2D eigenvalue weighted by Crippen LogP contribution is -2.52. The highest BCUT2D eigenvalue weighted by Crippen LogP contribution is 2.45. The summed E-state index contributed by atoms with van der Waals surface area (Å²) in [5.41, 5.74) is 1.26. The molecular formula is C21H28Cl2O2. The molecule has 6 unspecified atom stereocenters. The van der Waals surface area contributed by atoms with E-state index in [-0.39, 0.29) is 23.4 Å². The van der Waals surface area contributed by atoms with Crippen LogP contribution in [0.25, 0.3) is 0 Å². The monoisotopic (exact) mass is 382 g/mol. The molecule has 25 heavy (non-hydrogen) atoms. The molecule has 1 aliphatic carbocycles. The molecule has 1 aromatic carbocycles. The van der Waals surface area contributed by atoms with E-state index < -0.39 is 0 Å². The van der Waals surface area contributed by atoms with Crippen molar-refractivity contribution in [2.24, 2.45) is 11.8 Å². The van der Waals surface area contributed by atoms with Crippen molar-refractivity contribution >= 4 is 29.0 Å². The summed E-state index contributed by atoms with van der Waals surface area (Å²) in [5.74, 6) is 1.62. The molecule has 0 amide bonds. The van der Waals surface area contributed by atoms with Crippen molar-refractivity contribution in [2.75, 3.05) is 5.88 Å². The van der Waals surface area contributed by atoms with Crippen LogP contribution in [0, 0.1) is 11.8 Å². The second-order valence-corrected chi connectivity index (χ2v) is 8.44. The number of Topliss-reactive ketones (excluding diaryl/α,β-unsaturated/α-hetero) is 1. The maximum Gasteiger partial charge on any atom is 0.162 e. The third-order valence-corrected chi connectivity index (χ3v) is 6.88. The number of carbonyl (C=O) groups is 1. The number of benzene rings is 1. The van der Waals surface area contributed by atoms with Gasteiger partial charge in [-0.2, -0.15) is 0 Å². The second kappa shape index (κ2) is 8.88. The Morgan fingerprint density at radius 2 is 2.04 bits per heavy atom. The molecule has 2 bridgehead atoms. The van der Waals surface area contributed by atoms with Crippen LogP contribution < -0.4 is 0 Å². The van der Waals surface area contributed by atoms with Gasteiger partial charge in [-0.15, -0.1) is 23.2 Å². The fourth-order valence-corrected chi connectivity index (χ4v) is 5.10. The average molecular weight is 383 g/mol. The van der Waals surface area contributed by atoms with E-state index in [9.17, 15) is 4.79 Å². The van der Waals surface area contributed by atoms with Crippen LogP contribution in [0.2, 0.25) is 0 Å². The fourth-order valence-electron chi connectivity index (χ4n) is 4.61. The summed E-state index contributed by atoms with van der Waals surface area (Å²) in [6.07, 6.45) is 5.62. The molecule has 4 heteroatoms. The number of ketones is 1. The number of hydrogen-bond donors (Lipinski definition) is 0. The molecule has 2 heterocycles. The Morgan fingerprint density at radius 3 is 2.64 bits per heavy atom. The summed E-state index contributed by atoms with van der Waals surface area (Å²) in [6, 6.07) is 10.4. The van der Waals surface area contributed by atoms with E-state index in [2.05, 4.69) is 31.2 Å². The molecule has 3 fully saturated rings.